The second kappa shape index (κ2) is 5.72. The van der Waals surface area contributed by atoms with Crippen LogP contribution in [0.3, 0.4) is 0 Å². The monoisotopic (exact) mass is 203 g/mol. The molecule has 0 aliphatic heterocycles. The predicted octanol–water partition coefficient (Wildman–Crippen LogP) is 3.47. The number of hydrogen-bond donors (Lipinski definition) is 1. The summed E-state index contributed by atoms with van der Waals surface area (Å²) in [5.74, 6) is 0.398. The molecule has 1 aromatic rings. The lowest BCUT2D eigenvalue weighted by atomic mass is 9.89. The maximum atomic E-state index is 6.16. The third-order valence-corrected chi connectivity index (χ3v) is 2.99. The minimum atomic E-state index is 0.180. The van der Waals surface area contributed by atoms with Crippen molar-refractivity contribution in [1.29, 1.82) is 0 Å². The van der Waals surface area contributed by atoms with Gasteiger partial charge in [-0.1, -0.05) is 56.3 Å². The number of nitrogens with two attached hydrogens (primary N) is 1. The minimum absolute atomic E-state index is 0.180. The Morgan fingerprint density at radius 1 is 1.33 bits per heavy atom. The van der Waals surface area contributed by atoms with Crippen molar-refractivity contribution in [3.8, 4) is 0 Å². The van der Waals surface area contributed by atoms with E-state index in [0.29, 0.717) is 5.92 Å². The summed E-state index contributed by atoms with van der Waals surface area (Å²) in [6.07, 6.45) is 1.95. The van der Waals surface area contributed by atoms with Gasteiger partial charge in [0.25, 0.3) is 0 Å². The van der Waals surface area contributed by atoms with Gasteiger partial charge >= 0.3 is 0 Å². The molecule has 2 N–H and O–H groups in total. The molecule has 0 saturated heterocycles. The summed E-state index contributed by atoms with van der Waals surface area (Å²) in [5.41, 5.74) is 8.72. The van der Waals surface area contributed by atoms with Crippen LogP contribution in [0.5, 0.6) is 0 Å². The summed E-state index contributed by atoms with van der Waals surface area (Å²) in [6.45, 7) is 8.32. The molecular formula is C14H21N. The summed E-state index contributed by atoms with van der Waals surface area (Å²) in [4.78, 5) is 0. The summed E-state index contributed by atoms with van der Waals surface area (Å²) < 4.78 is 0. The molecule has 0 radical (unpaired) electrons. The second-order valence-corrected chi connectivity index (χ2v) is 4.17. The Kier molecular flexibility index (Phi) is 4.57. The van der Waals surface area contributed by atoms with Crippen molar-refractivity contribution in [3.05, 3.63) is 48.0 Å². The van der Waals surface area contributed by atoms with Crippen LogP contribution in [0.1, 0.15) is 38.2 Å². The van der Waals surface area contributed by atoms with E-state index in [1.54, 1.807) is 0 Å². The van der Waals surface area contributed by atoms with Crippen molar-refractivity contribution in [2.75, 3.05) is 0 Å². The van der Waals surface area contributed by atoms with Gasteiger partial charge in [-0.15, -0.1) is 0 Å². The Hall–Kier alpha value is -1.08. The average molecular weight is 203 g/mol. The maximum absolute atomic E-state index is 6.16. The molecule has 1 rings (SSSR count). The molecule has 0 aliphatic carbocycles. The first-order valence-electron chi connectivity index (χ1n) is 5.62. The van der Waals surface area contributed by atoms with Gasteiger partial charge in [0.15, 0.2) is 0 Å². The molecule has 0 bridgehead atoms. The highest BCUT2D eigenvalue weighted by Gasteiger charge is 2.14. The third kappa shape index (κ3) is 3.52. The third-order valence-electron chi connectivity index (χ3n) is 2.99. The predicted molar refractivity (Wildman–Crippen MR) is 66.9 cm³/mol. The molecule has 15 heavy (non-hydrogen) atoms. The van der Waals surface area contributed by atoms with Crippen molar-refractivity contribution in [2.24, 2.45) is 5.73 Å². The molecule has 0 saturated carbocycles. The molecule has 82 valence electrons. The number of hydrogen-bond acceptors (Lipinski definition) is 1. The van der Waals surface area contributed by atoms with E-state index in [-0.39, 0.29) is 6.04 Å². The van der Waals surface area contributed by atoms with Crippen LogP contribution >= 0.6 is 0 Å². The summed E-state index contributed by atoms with van der Waals surface area (Å²) in [5, 5.41) is 0. The topological polar surface area (TPSA) is 26.0 Å². The van der Waals surface area contributed by atoms with Crippen molar-refractivity contribution in [2.45, 2.75) is 38.6 Å². The fourth-order valence-corrected chi connectivity index (χ4v) is 1.66. The largest absolute Gasteiger partial charge is 0.327 e. The first-order chi connectivity index (χ1) is 7.15. The highest BCUT2D eigenvalue weighted by Crippen LogP contribution is 2.21. The van der Waals surface area contributed by atoms with E-state index in [1.807, 2.05) is 6.07 Å². The SMILES string of the molecule is C=C(CC)CC(N)C(C)c1ccccc1. The van der Waals surface area contributed by atoms with Crippen LogP contribution in [-0.4, -0.2) is 6.04 Å². The molecular weight excluding hydrogens is 182 g/mol. The fraction of sp³-hybridized carbons (Fsp3) is 0.429. The molecule has 2 unspecified atom stereocenters. The molecule has 2 atom stereocenters. The lowest BCUT2D eigenvalue weighted by Gasteiger charge is -2.20. The zero-order chi connectivity index (χ0) is 11.3. The first kappa shape index (κ1) is 12.0. The van der Waals surface area contributed by atoms with Gasteiger partial charge in [0.2, 0.25) is 0 Å². The van der Waals surface area contributed by atoms with Gasteiger partial charge < -0.3 is 5.73 Å². The average Bonchev–Trinajstić information content (AvgIpc) is 2.29. The smallest absolute Gasteiger partial charge is 0.0142 e. The Morgan fingerprint density at radius 3 is 2.47 bits per heavy atom. The Labute approximate surface area is 93.0 Å². The summed E-state index contributed by atoms with van der Waals surface area (Å²) >= 11 is 0. The summed E-state index contributed by atoms with van der Waals surface area (Å²) in [7, 11) is 0. The molecule has 1 aromatic carbocycles. The van der Waals surface area contributed by atoms with Crippen LogP contribution < -0.4 is 5.73 Å². The van der Waals surface area contributed by atoms with Crippen molar-refractivity contribution < 1.29 is 0 Å². The van der Waals surface area contributed by atoms with E-state index in [1.165, 1.54) is 11.1 Å². The standard InChI is InChI=1S/C14H21N/c1-4-11(2)10-14(15)12(3)13-8-6-5-7-9-13/h5-9,12,14H,2,4,10,15H2,1,3H3. The maximum Gasteiger partial charge on any atom is 0.0142 e. The number of rotatable bonds is 5. The van der Waals surface area contributed by atoms with Crippen LogP contribution in [0.4, 0.5) is 0 Å². The van der Waals surface area contributed by atoms with Crippen molar-refractivity contribution >= 4 is 0 Å². The molecule has 1 heteroatoms. The molecule has 1 nitrogen and oxygen atoms in total. The second-order valence-electron chi connectivity index (χ2n) is 4.17. The summed E-state index contributed by atoms with van der Waals surface area (Å²) in [6, 6.07) is 10.6. The van der Waals surface area contributed by atoms with Crippen LogP contribution in [0, 0.1) is 0 Å². The molecule has 0 fully saturated rings. The van der Waals surface area contributed by atoms with E-state index in [0.717, 1.165) is 12.8 Å². The Bertz CT molecular complexity index is 302. The fourth-order valence-electron chi connectivity index (χ4n) is 1.66. The Balaban J connectivity index is 2.61. The van der Waals surface area contributed by atoms with Gasteiger partial charge in [-0.05, 0) is 24.3 Å². The molecule has 0 heterocycles. The van der Waals surface area contributed by atoms with Crippen LogP contribution in [0.2, 0.25) is 0 Å². The van der Waals surface area contributed by atoms with Gasteiger partial charge in [-0.3, -0.25) is 0 Å². The van der Waals surface area contributed by atoms with Crippen LogP contribution in [0.15, 0.2) is 42.5 Å². The zero-order valence-electron chi connectivity index (χ0n) is 9.74. The quantitative estimate of drug-likeness (QED) is 0.728. The lowest BCUT2D eigenvalue weighted by molar-refractivity contribution is 0.557. The van der Waals surface area contributed by atoms with E-state index >= 15 is 0 Å². The number of benzene rings is 1. The van der Waals surface area contributed by atoms with E-state index in [9.17, 15) is 0 Å². The molecule has 0 aromatic heterocycles. The van der Waals surface area contributed by atoms with Gasteiger partial charge in [-0.2, -0.15) is 0 Å². The van der Waals surface area contributed by atoms with Crippen LogP contribution in [0.25, 0.3) is 0 Å². The van der Waals surface area contributed by atoms with Gasteiger partial charge in [-0.25, -0.2) is 0 Å². The van der Waals surface area contributed by atoms with Crippen molar-refractivity contribution in [3.63, 3.8) is 0 Å². The molecule has 0 spiro atoms. The van der Waals surface area contributed by atoms with Crippen molar-refractivity contribution in [1.82, 2.24) is 0 Å². The lowest BCUT2D eigenvalue weighted by Crippen LogP contribution is -2.27. The Morgan fingerprint density at radius 2 is 1.93 bits per heavy atom. The highest BCUT2D eigenvalue weighted by molar-refractivity contribution is 5.21. The van der Waals surface area contributed by atoms with E-state index in [2.05, 4.69) is 44.7 Å². The molecule has 0 amide bonds. The van der Waals surface area contributed by atoms with Gasteiger partial charge in [0.05, 0.1) is 0 Å². The van der Waals surface area contributed by atoms with Gasteiger partial charge in [0, 0.05) is 6.04 Å². The minimum Gasteiger partial charge on any atom is -0.327 e. The van der Waals surface area contributed by atoms with Crippen LogP contribution in [-0.2, 0) is 0 Å². The molecule has 0 aliphatic rings. The highest BCUT2D eigenvalue weighted by atomic mass is 14.6. The van der Waals surface area contributed by atoms with E-state index < -0.39 is 0 Å². The normalized spacial score (nSPS) is 14.6. The van der Waals surface area contributed by atoms with E-state index in [4.69, 9.17) is 5.73 Å². The van der Waals surface area contributed by atoms with Gasteiger partial charge in [0.1, 0.15) is 0 Å². The zero-order valence-corrected chi connectivity index (χ0v) is 9.74. The first-order valence-corrected chi connectivity index (χ1v) is 5.62.